The maximum atomic E-state index is 6.73. The third-order valence-electron chi connectivity index (χ3n) is 4.10. The van der Waals surface area contributed by atoms with E-state index in [1.54, 1.807) is 0 Å². The molecule has 3 rings (SSSR count). The molecule has 0 radical (unpaired) electrons. The van der Waals surface area contributed by atoms with Crippen molar-refractivity contribution in [3.8, 4) is 0 Å². The lowest BCUT2D eigenvalue weighted by atomic mass is 9.82. The zero-order valence-corrected chi connectivity index (χ0v) is 12.8. The van der Waals surface area contributed by atoms with Crippen LogP contribution in [0.15, 0.2) is 36.4 Å². The summed E-state index contributed by atoms with van der Waals surface area (Å²) in [6, 6.07) is 13.3. The number of hydrogen-bond donors (Lipinski definition) is 0. The Labute approximate surface area is 124 Å². The van der Waals surface area contributed by atoms with E-state index in [-0.39, 0.29) is 5.38 Å². The lowest BCUT2D eigenvalue weighted by molar-refractivity contribution is 0.446. The summed E-state index contributed by atoms with van der Waals surface area (Å²) in [5, 5.41) is 0.179. The highest BCUT2D eigenvalue weighted by Crippen LogP contribution is 2.40. The lowest BCUT2D eigenvalue weighted by Gasteiger charge is -2.27. The van der Waals surface area contributed by atoms with Crippen LogP contribution in [-0.2, 0) is 19.3 Å². The summed E-state index contributed by atoms with van der Waals surface area (Å²) in [5.74, 6) is 0.583. The minimum atomic E-state index is 0.179. The van der Waals surface area contributed by atoms with Gasteiger partial charge >= 0.3 is 0 Å². The largest absolute Gasteiger partial charge is 0.144 e. The summed E-state index contributed by atoms with van der Waals surface area (Å²) >= 11 is 8.62. The molecule has 0 spiro atoms. The van der Waals surface area contributed by atoms with E-state index >= 15 is 0 Å². The number of alkyl halides is 1. The second kappa shape index (κ2) is 5.68. The molecule has 1 aromatic carbocycles. The van der Waals surface area contributed by atoms with Gasteiger partial charge in [-0.15, -0.1) is 22.9 Å². The van der Waals surface area contributed by atoms with Crippen molar-refractivity contribution >= 4 is 22.9 Å². The number of rotatable bonds is 3. The molecule has 0 N–H and O–H groups in total. The highest BCUT2D eigenvalue weighted by molar-refractivity contribution is 7.12. The maximum Gasteiger partial charge on any atom is 0.0710 e. The molecule has 2 heteroatoms. The molecular formula is C17H19ClS. The van der Waals surface area contributed by atoms with Crippen molar-refractivity contribution in [1.29, 1.82) is 0 Å². The first-order valence-corrected chi connectivity index (χ1v) is 8.32. The quantitative estimate of drug-likeness (QED) is 0.664. The Bertz CT molecular complexity index is 558. The SMILES string of the molecule is CCc1ccc(C(Cl)C2CCc3ccccc3C2)s1. The molecule has 0 saturated carbocycles. The van der Waals surface area contributed by atoms with Gasteiger partial charge < -0.3 is 0 Å². The molecule has 19 heavy (non-hydrogen) atoms. The van der Waals surface area contributed by atoms with Gasteiger partial charge in [0.25, 0.3) is 0 Å². The van der Waals surface area contributed by atoms with Gasteiger partial charge in [0.1, 0.15) is 0 Å². The summed E-state index contributed by atoms with van der Waals surface area (Å²) < 4.78 is 0. The average Bonchev–Trinajstić information content (AvgIpc) is 2.95. The Kier molecular flexibility index (Phi) is 3.95. The van der Waals surface area contributed by atoms with Crippen LogP contribution in [0.3, 0.4) is 0 Å². The van der Waals surface area contributed by atoms with E-state index in [9.17, 15) is 0 Å². The molecule has 1 heterocycles. The normalized spacial score (nSPS) is 20.0. The van der Waals surface area contributed by atoms with Crippen molar-refractivity contribution in [3.63, 3.8) is 0 Å². The molecule has 1 aliphatic carbocycles. The first-order valence-electron chi connectivity index (χ1n) is 7.07. The molecule has 100 valence electrons. The predicted octanol–water partition coefficient (Wildman–Crippen LogP) is 5.40. The monoisotopic (exact) mass is 290 g/mol. The molecular weight excluding hydrogens is 272 g/mol. The Balaban J connectivity index is 1.77. The van der Waals surface area contributed by atoms with E-state index in [1.807, 2.05) is 11.3 Å². The second-order valence-electron chi connectivity index (χ2n) is 5.33. The molecule has 2 atom stereocenters. The van der Waals surface area contributed by atoms with Crippen LogP contribution < -0.4 is 0 Å². The fraction of sp³-hybridized carbons (Fsp3) is 0.412. The topological polar surface area (TPSA) is 0 Å². The van der Waals surface area contributed by atoms with Gasteiger partial charge in [-0.2, -0.15) is 0 Å². The zero-order chi connectivity index (χ0) is 13.2. The molecule has 1 aliphatic rings. The van der Waals surface area contributed by atoms with Crippen LogP contribution in [0.2, 0.25) is 0 Å². The van der Waals surface area contributed by atoms with Gasteiger partial charge in [0.15, 0.2) is 0 Å². The van der Waals surface area contributed by atoms with E-state index in [2.05, 4.69) is 43.3 Å². The molecule has 0 saturated heterocycles. The highest BCUT2D eigenvalue weighted by Gasteiger charge is 2.26. The van der Waals surface area contributed by atoms with Crippen molar-refractivity contribution in [2.75, 3.05) is 0 Å². The van der Waals surface area contributed by atoms with Gasteiger partial charge in [0, 0.05) is 9.75 Å². The standard InChI is InChI=1S/C17H19ClS/c1-2-15-9-10-16(19-15)17(18)14-8-7-12-5-3-4-6-13(12)11-14/h3-6,9-10,14,17H,2,7-8,11H2,1H3. The number of benzene rings is 1. The van der Waals surface area contributed by atoms with E-state index in [0.29, 0.717) is 5.92 Å². The fourth-order valence-corrected chi connectivity index (χ4v) is 4.39. The van der Waals surface area contributed by atoms with Gasteiger partial charge in [0.2, 0.25) is 0 Å². The van der Waals surface area contributed by atoms with E-state index in [4.69, 9.17) is 11.6 Å². The van der Waals surface area contributed by atoms with Gasteiger partial charge in [-0.25, -0.2) is 0 Å². The molecule has 0 aliphatic heterocycles. The summed E-state index contributed by atoms with van der Waals surface area (Å²) in [7, 11) is 0. The summed E-state index contributed by atoms with van der Waals surface area (Å²) in [4.78, 5) is 2.79. The molecule has 0 bridgehead atoms. The zero-order valence-electron chi connectivity index (χ0n) is 11.2. The number of halogens is 1. The average molecular weight is 291 g/mol. The number of aryl methyl sites for hydroxylation is 2. The summed E-state index contributed by atoms with van der Waals surface area (Å²) in [6.45, 7) is 2.20. The third-order valence-corrected chi connectivity index (χ3v) is 6.14. The summed E-state index contributed by atoms with van der Waals surface area (Å²) in [5.41, 5.74) is 3.01. The minimum Gasteiger partial charge on any atom is -0.144 e. The van der Waals surface area contributed by atoms with Crippen LogP contribution in [0.4, 0.5) is 0 Å². The van der Waals surface area contributed by atoms with Gasteiger partial charge in [-0.3, -0.25) is 0 Å². The van der Waals surface area contributed by atoms with Crippen molar-refractivity contribution in [2.45, 2.75) is 38.0 Å². The Morgan fingerprint density at radius 1 is 1.21 bits per heavy atom. The van der Waals surface area contributed by atoms with Crippen LogP contribution in [0, 0.1) is 5.92 Å². The molecule has 0 nitrogen and oxygen atoms in total. The Morgan fingerprint density at radius 2 is 2.00 bits per heavy atom. The van der Waals surface area contributed by atoms with Crippen molar-refractivity contribution in [2.24, 2.45) is 5.92 Å². The summed E-state index contributed by atoms with van der Waals surface area (Å²) in [6.07, 6.45) is 4.63. The van der Waals surface area contributed by atoms with Crippen LogP contribution in [-0.4, -0.2) is 0 Å². The lowest BCUT2D eigenvalue weighted by Crippen LogP contribution is -2.17. The van der Waals surface area contributed by atoms with E-state index in [1.165, 1.54) is 33.7 Å². The van der Waals surface area contributed by atoms with Gasteiger partial charge in [-0.1, -0.05) is 31.2 Å². The molecule has 2 unspecified atom stereocenters. The van der Waals surface area contributed by atoms with E-state index < -0.39 is 0 Å². The predicted molar refractivity (Wildman–Crippen MR) is 84.2 cm³/mol. The van der Waals surface area contributed by atoms with Gasteiger partial charge in [-0.05, 0) is 54.9 Å². The smallest absolute Gasteiger partial charge is 0.0710 e. The first kappa shape index (κ1) is 13.2. The highest BCUT2D eigenvalue weighted by atomic mass is 35.5. The minimum absolute atomic E-state index is 0.179. The van der Waals surface area contributed by atoms with E-state index in [0.717, 1.165) is 12.8 Å². The second-order valence-corrected chi connectivity index (χ2v) is 7.00. The van der Waals surface area contributed by atoms with Crippen LogP contribution >= 0.6 is 22.9 Å². The Hall–Kier alpha value is -0.790. The first-order chi connectivity index (χ1) is 9.28. The van der Waals surface area contributed by atoms with Crippen molar-refractivity contribution in [3.05, 3.63) is 57.3 Å². The van der Waals surface area contributed by atoms with Crippen LogP contribution in [0.5, 0.6) is 0 Å². The van der Waals surface area contributed by atoms with Crippen LogP contribution in [0.1, 0.15) is 39.6 Å². The maximum absolute atomic E-state index is 6.73. The number of thiophene rings is 1. The fourth-order valence-electron chi connectivity index (χ4n) is 2.94. The Morgan fingerprint density at radius 3 is 2.74 bits per heavy atom. The van der Waals surface area contributed by atoms with Crippen LogP contribution in [0.25, 0.3) is 0 Å². The molecule has 2 aromatic rings. The molecule has 0 fully saturated rings. The number of fused-ring (bicyclic) bond motifs is 1. The molecule has 0 amide bonds. The molecule has 1 aromatic heterocycles. The van der Waals surface area contributed by atoms with Gasteiger partial charge in [0.05, 0.1) is 5.38 Å². The number of hydrogen-bond acceptors (Lipinski definition) is 1. The third kappa shape index (κ3) is 2.73. The van der Waals surface area contributed by atoms with Crippen molar-refractivity contribution < 1.29 is 0 Å². The van der Waals surface area contributed by atoms with Crippen molar-refractivity contribution in [1.82, 2.24) is 0 Å².